The number of fused-ring (bicyclic) bond motifs is 2. The average molecular weight is 621 g/mol. The van der Waals surface area contributed by atoms with Gasteiger partial charge in [-0.15, -0.1) is 0 Å². The maximum atomic E-state index is 13.8. The molecule has 1 aromatic heterocycles. The van der Waals surface area contributed by atoms with E-state index in [9.17, 15) is 23.1 Å². The van der Waals surface area contributed by atoms with E-state index in [0.717, 1.165) is 10.8 Å². The topological polar surface area (TPSA) is 146 Å². The van der Waals surface area contributed by atoms with Crippen LogP contribution in [0.25, 0.3) is 10.8 Å². The average Bonchev–Trinajstić information content (AvgIpc) is 3.46. The lowest BCUT2D eigenvalue weighted by atomic mass is 9.99. The molecule has 0 radical (unpaired) electrons. The molecule has 5 rings (SSSR count). The van der Waals surface area contributed by atoms with Crippen LogP contribution in [0.2, 0.25) is 0 Å². The molecular weight excluding hydrogens is 584 g/mol. The second-order valence-electron chi connectivity index (χ2n) is 11.1. The number of urea groups is 1. The van der Waals surface area contributed by atoms with Crippen LogP contribution in [-0.2, 0) is 17.1 Å². The number of aliphatic hydroxyl groups is 1. The fourth-order valence-electron chi connectivity index (χ4n) is 5.20. The highest BCUT2D eigenvalue weighted by molar-refractivity contribution is 7.89. The molecule has 0 spiro atoms. The number of nitrogens with one attached hydrogen (secondary N) is 2. The summed E-state index contributed by atoms with van der Waals surface area (Å²) in [5, 5.41) is 17.4. The number of aliphatic hydroxyl groups excluding tert-OH is 1. The zero-order valence-electron chi connectivity index (χ0n) is 25.0. The number of likely N-dealkylation sites (N-methyl/N-ethyl adjacent to an activating group) is 1. The lowest BCUT2D eigenvalue weighted by Gasteiger charge is -2.38. The normalized spacial score (nSPS) is 17.9. The van der Waals surface area contributed by atoms with Crippen molar-refractivity contribution in [2.45, 2.75) is 31.0 Å². The minimum atomic E-state index is -3.95. The predicted octanol–water partition coefficient (Wildman–Crippen LogP) is 3.76. The van der Waals surface area contributed by atoms with E-state index in [1.165, 1.54) is 23.9 Å². The molecule has 12 nitrogen and oxygen atoms in total. The van der Waals surface area contributed by atoms with Gasteiger partial charge < -0.3 is 29.9 Å². The van der Waals surface area contributed by atoms with Gasteiger partial charge in [-0.25, -0.2) is 18.2 Å². The van der Waals surface area contributed by atoms with Crippen molar-refractivity contribution < 1.29 is 27.9 Å². The third-order valence-electron chi connectivity index (χ3n) is 7.77. The first-order valence-corrected chi connectivity index (χ1v) is 15.6. The Morgan fingerprint density at radius 1 is 1.11 bits per heavy atom. The monoisotopic (exact) mass is 620 g/mol. The minimum absolute atomic E-state index is 0.0639. The molecule has 3 atom stereocenters. The van der Waals surface area contributed by atoms with Crippen molar-refractivity contribution in [3.05, 3.63) is 78.8 Å². The molecule has 3 aromatic carbocycles. The number of benzene rings is 3. The Bertz CT molecular complexity index is 1790. The number of sulfonamides is 1. The van der Waals surface area contributed by atoms with Gasteiger partial charge in [0, 0.05) is 38.1 Å². The molecule has 0 saturated heterocycles. The maximum absolute atomic E-state index is 13.8. The van der Waals surface area contributed by atoms with Crippen molar-refractivity contribution in [2.75, 3.05) is 37.4 Å². The van der Waals surface area contributed by atoms with Gasteiger partial charge in [-0.05, 0) is 30.5 Å². The molecule has 0 fully saturated rings. The van der Waals surface area contributed by atoms with Gasteiger partial charge in [-0.1, -0.05) is 49.4 Å². The Balaban J connectivity index is 1.48. The van der Waals surface area contributed by atoms with Gasteiger partial charge in [0.1, 0.15) is 6.10 Å². The Labute approximate surface area is 256 Å². The maximum Gasteiger partial charge on any atom is 0.323 e. The minimum Gasteiger partial charge on any atom is -0.486 e. The second-order valence-corrected chi connectivity index (χ2v) is 13.1. The first-order valence-electron chi connectivity index (χ1n) is 14.2. The number of amides is 3. The molecule has 0 aliphatic carbocycles. The van der Waals surface area contributed by atoms with Crippen molar-refractivity contribution in [2.24, 2.45) is 13.0 Å². The number of hydrogen-bond donors (Lipinski definition) is 3. The van der Waals surface area contributed by atoms with E-state index >= 15 is 0 Å². The molecule has 3 amide bonds. The molecule has 2 heterocycles. The first kappa shape index (κ1) is 31.0. The second kappa shape index (κ2) is 12.6. The molecule has 3 N–H and O–H groups in total. The van der Waals surface area contributed by atoms with E-state index in [-0.39, 0.29) is 53.5 Å². The van der Waals surface area contributed by atoms with Crippen LogP contribution in [0.3, 0.4) is 0 Å². The number of rotatable bonds is 8. The van der Waals surface area contributed by atoms with Gasteiger partial charge in [0.05, 0.1) is 42.5 Å². The zero-order chi connectivity index (χ0) is 31.6. The van der Waals surface area contributed by atoms with Crippen molar-refractivity contribution in [3.63, 3.8) is 0 Å². The van der Waals surface area contributed by atoms with Crippen LogP contribution in [0.4, 0.5) is 16.2 Å². The summed E-state index contributed by atoms with van der Waals surface area (Å²) in [4.78, 5) is 32.6. The van der Waals surface area contributed by atoms with Crippen LogP contribution >= 0.6 is 0 Å². The number of nitrogens with zero attached hydrogens (tertiary/aromatic N) is 4. The summed E-state index contributed by atoms with van der Waals surface area (Å²) < 4.78 is 35.8. The Kier molecular flexibility index (Phi) is 8.90. The molecule has 1 aliphatic rings. The number of ether oxygens (including phenoxy) is 1. The standard InChI is InChI=1S/C31H36N6O6S/c1-20-15-37(21(2)18-38)30(39)24-12-8-14-26(34-31(40)33-25-13-7-10-22-9-5-6-11-23(22)25)29(24)43-27(20)16-36(4)44(41,42)28-17-35(3)19-32-28/h5-14,17,19-21,27,38H,15-16,18H2,1-4H3,(H2,33,34,40)/t20-,21-,27+/m0/s1. The van der Waals surface area contributed by atoms with Gasteiger partial charge in [0.15, 0.2) is 10.8 Å². The van der Waals surface area contributed by atoms with Crippen LogP contribution in [0.15, 0.2) is 78.2 Å². The molecule has 13 heteroatoms. The fraction of sp³-hybridized carbons (Fsp3) is 0.323. The van der Waals surface area contributed by atoms with E-state index in [4.69, 9.17) is 4.74 Å². The van der Waals surface area contributed by atoms with E-state index in [1.54, 1.807) is 47.7 Å². The zero-order valence-corrected chi connectivity index (χ0v) is 25.8. The van der Waals surface area contributed by atoms with E-state index in [2.05, 4.69) is 15.6 Å². The largest absolute Gasteiger partial charge is 0.486 e. The number of imidazole rings is 1. The van der Waals surface area contributed by atoms with E-state index < -0.39 is 28.2 Å². The number of aryl methyl sites for hydroxylation is 1. The summed E-state index contributed by atoms with van der Waals surface area (Å²) >= 11 is 0. The molecule has 0 unspecified atom stereocenters. The highest BCUT2D eigenvalue weighted by Gasteiger charge is 2.36. The third-order valence-corrected chi connectivity index (χ3v) is 9.48. The van der Waals surface area contributed by atoms with E-state index in [0.29, 0.717) is 5.69 Å². The van der Waals surface area contributed by atoms with Crippen molar-refractivity contribution in [1.29, 1.82) is 0 Å². The Morgan fingerprint density at radius 3 is 2.52 bits per heavy atom. The van der Waals surface area contributed by atoms with Crippen LogP contribution in [0.5, 0.6) is 5.75 Å². The number of aromatic nitrogens is 2. The highest BCUT2D eigenvalue weighted by atomic mass is 32.2. The predicted molar refractivity (Wildman–Crippen MR) is 167 cm³/mol. The van der Waals surface area contributed by atoms with Crippen LogP contribution < -0.4 is 15.4 Å². The fourth-order valence-corrected chi connectivity index (χ4v) is 6.35. The molecule has 1 aliphatic heterocycles. The summed E-state index contributed by atoms with van der Waals surface area (Å²) in [5.74, 6) is -0.625. The van der Waals surface area contributed by atoms with Gasteiger partial charge in [0.25, 0.3) is 15.9 Å². The molecule has 0 saturated carbocycles. The molecular formula is C31H36N6O6S. The molecule has 44 heavy (non-hydrogen) atoms. The number of carbonyl (C=O) groups is 2. The number of anilines is 2. The number of hydrogen-bond acceptors (Lipinski definition) is 7. The van der Waals surface area contributed by atoms with Gasteiger partial charge >= 0.3 is 6.03 Å². The summed E-state index contributed by atoms with van der Waals surface area (Å²) in [6.07, 6.45) is 2.10. The van der Waals surface area contributed by atoms with Crippen LogP contribution in [0, 0.1) is 5.92 Å². The van der Waals surface area contributed by atoms with Gasteiger partial charge in [-0.3, -0.25) is 4.79 Å². The summed E-state index contributed by atoms with van der Waals surface area (Å²) in [6.45, 7) is 3.47. The van der Waals surface area contributed by atoms with Gasteiger partial charge in [-0.2, -0.15) is 4.31 Å². The summed E-state index contributed by atoms with van der Waals surface area (Å²) in [7, 11) is -0.818. The molecule has 4 aromatic rings. The van der Waals surface area contributed by atoms with Crippen molar-refractivity contribution in [1.82, 2.24) is 18.8 Å². The lowest BCUT2D eigenvalue weighted by Crippen LogP contribution is -2.50. The summed E-state index contributed by atoms with van der Waals surface area (Å²) in [5.41, 5.74) is 1.02. The summed E-state index contributed by atoms with van der Waals surface area (Å²) in [6, 6.07) is 17.0. The highest BCUT2D eigenvalue weighted by Crippen LogP contribution is 2.35. The van der Waals surface area contributed by atoms with Crippen LogP contribution in [-0.4, -0.2) is 83.1 Å². The smallest absolute Gasteiger partial charge is 0.323 e. The first-order chi connectivity index (χ1) is 21.0. The molecule has 232 valence electrons. The van der Waals surface area contributed by atoms with Crippen molar-refractivity contribution in [3.8, 4) is 5.75 Å². The number of carbonyl (C=O) groups excluding carboxylic acids is 2. The quantitative estimate of drug-likeness (QED) is 0.272. The van der Waals surface area contributed by atoms with Crippen molar-refractivity contribution >= 4 is 44.1 Å². The Morgan fingerprint density at radius 2 is 1.80 bits per heavy atom. The Hall–Kier alpha value is -4.46. The number of para-hydroxylation sites is 1. The SMILES string of the molecule is C[C@H]1CN([C@@H](C)CO)C(=O)c2cccc(NC(=O)Nc3cccc4ccccc34)c2O[C@@H]1CN(C)S(=O)(=O)c1cn(C)cn1. The lowest BCUT2D eigenvalue weighted by molar-refractivity contribution is 0.0389. The third kappa shape index (κ3) is 6.25. The van der Waals surface area contributed by atoms with Crippen LogP contribution in [0.1, 0.15) is 24.2 Å². The van der Waals surface area contributed by atoms with E-state index in [1.807, 2.05) is 43.3 Å². The van der Waals surface area contributed by atoms with Gasteiger partial charge in [0.2, 0.25) is 0 Å². The molecule has 0 bridgehead atoms.